The molecule has 0 radical (unpaired) electrons. The number of carbonyl (C=O) groups is 1. The van der Waals surface area contributed by atoms with Crippen molar-refractivity contribution in [3.05, 3.63) is 33.8 Å². The summed E-state index contributed by atoms with van der Waals surface area (Å²) in [6.45, 7) is 6.07. The molecular formula is C18H26BrClN2O. The Labute approximate surface area is 153 Å². The van der Waals surface area contributed by atoms with Gasteiger partial charge in [0, 0.05) is 24.0 Å². The number of halogens is 2. The van der Waals surface area contributed by atoms with Gasteiger partial charge in [0.25, 0.3) is 0 Å². The second kappa shape index (κ2) is 8.50. The minimum Gasteiger partial charge on any atom is -0.338 e. The maximum absolute atomic E-state index is 12.6. The highest BCUT2D eigenvalue weighted by molar-refractivity contribution is 9.10. The summed E-state index contributed by atoms with van der Waals surface area (Å²) in [7, 11) is 0. The number of benzene rings is 1. The van der Waals surface area contributed by atoms with Crippen molar-refractivity contribution in [2.75, 3.05) is 19.6 Å². The summed E-state index contributed by atoms with van der Waals surface area (Å²) in [6, 6.07) is 6.30. The number of carbonyl (C=O) groups excluding carboxylic acids is 1. The molecule has 2 aliphatic heterocycles. The second-order valence-corrected chi connectivity index (χ2v) is 7.58. The van der Waals surface area contributed by atoms with E-state index in [1.54, 1.807) is 0 Å². The predicted molar refractivity (Wildman–Crippen MR) is 99.9 cm³/mol. The molecule has 1 N–H and O–H groups in total. The largest absolute Gasteiger partial charge is 0.338 e. The van der Waals surface area contributed by atoms with Gasteiger partial charge in [0.2, 0.25) is 5.91 Å². The molecule has 1 amide bonds. The molecule has 128 valence electrons. The molecule has 0 aromatic heterocycles. The molecule has 3 nitrogen and oxygen atoms in total. The Hall–Kier alpha value is -0.580. The van der Waals surface area contributed by atoms with Crippen molar-refractivity contribution in [1.82, 2.24) is 10.2 Å². The van der Waals surface area contributed by atoms with Crippen molar-refractivity contribution >= 4 is 34.2 Å². The molecule has 1 fully saturated rings. The molecule has 2 unspecified atom stereocenters. The van der Waals surface area contributed by atoms with Gasteiger partial charge in [-0.3, -0.25) is 4.79 Å². The fraction of sp³-hybridized carbons (Fsp3) is 0.611. The lowest BCUT2D eigenvalue weighted by molar-refractivity contribution is -0.133. The molecule has 2 heterocycles. The highest BCUT2D eigenvalue weighted by atomic mass is 79.9. The molecule has 3 rings (SSSR count). The molecule has 2 atom stereocenters. The van der Waals surface area contributed by atoms with Gasteiger partial charge >= 0.3 is 0 Å². The average molecular weight is 402 g/mol. The van der Waals surface area contributed by atoms with Gasteiger partial charge in [-0.1, -0.05) is 35.0 Å². The van der Waals surface area contributed by atoms with Crippen molar-refractivity contribution in [1.29, 1.82) is 0 Å². The fourth-order valence-electron chi connectivity index (χ4n) is 3.71. The van der Waals surface area contributed by atoms with E-state index in [2.05, 4.69) is 46.4 Å². The molecule has 0 saturated carbocycles. The molecule has 0 aliphatic carbocycles. The van der Waals surface area contributed by atoms with Gasteiger partial charge in [-0.2, -0.15) is 0 Å². The highest BCUT2D eigenvalue weighted by Crippen LogP contribution is 2.28. The SMILES string of the molecule is CC(CC(=O)N1CCc2c(Br)cccc2C1)C1CCCNC1.Cl. The Bertz CT molecular complexity index is 546. The summed E-state index contributed by atoms with van der Waals surface area (Å²) < 4.78 is 1.18. The summed E-state index contributed by atoms with van der Waals surface area (Å²) >= 11 is 3.62. The molecule has 5 heteroatoms. The van der Waals surface area contributed by atoms with E-state index in [9.17, 15) is 4.79 Å². The van der Waals surface area contributed by atoms with Crippen LogP contribution in [-0.2, 0) is 17.8 Å². The van der Waals surface area contributed by atoms with Crippen LogP contribution in [0.3, 0.4) is 0 Å². The van der Waals surface area contributed by atoms with Crippen molar-refractivity contribution in [2.24, 2.45) is 11.8 Å². The molecule has 23 heavy (non-hydrogen) atoms. The Kier molecular flexibility index (Phi) is 6.93. The number of fused-ring (bicyclic) bond motifs is 1. The number of piperidine rings is 1. The number of hydrogen-bond acceptors (Lipinski definition) is 2. The van der Waals surface area contributed by atoms with Crippen LogP contribution in [0.15, 0.2) is 22.7 Å². The molecule has 1 aromatic carbocycles. The summed E-state index contributed by atoms with van der Waals surface area (Å²) in [4.78, 5) is 14.7. The number of nitrogens with one attached hydrogen (secondary N) is 1. The van der Waals surface area contributed by atoms with E-state index >= 15 is 0 Å². The second-order valence-electron chi connectivity index (χ2n) is 6.73. The Balaban J connectivity index is 0.00000192. The first-order valence-corrected chi connectivity index (χ1v) is 9.19. The van der Waals surface area contributed by atoms with Crippen molar-refractivity contribution in [3.8, 4) is 0 Å². The topological polar surface area (TPSA) is 32.3 Å². The summed E-state index contributed by atoms with van der Waals surface area (Å²) in [5.41, 5.74) is 2.66. The lowest BCUT2D eigenvalue weighted by Crippen LogP contribution is -2.39. The number of rotatable bonds is 3. The highest BCUT2D eigenvalue weighted by Gasteiger charge is 2.26. The van der Waals surface area contributed by atoms with E-state index < -0.39 is 0 Å². The molecule has 2 aliphatic rings. The van der Waals surface area contributed by atoms with Crippen LogP contribution in [-0.4, -0.2) is 30.4 Å². The molecule has 0 bridgehead atoms. The van der Waals surface area contributed by atoms with E-state index in [4.69, 9.17) is 0 Å². The monoisotopic (exact) mass is 400 g/mol. The lowest BCUT2D eigenvalue weighted by Gasteiger charge is -2.32. The van der Waals surface area contributed by atoms with Crippen LogP contribution >= 0.6 is 28.3 Å². The fourth-order valence-corrected chi connectivity index (χ4v) is 4.32. The number of hydrogen-bond donors (Lipinski definition) is 1. The van der Waals surface area contributed by atoms with Crippen LogP contribution in [0.2, 0.25) is 0 Å². The van der Waals surface area contributed by atoms with E-state index in [0.717, 1.165) is 32.6 Å². The zero-order valence-electron chi connectivity index (χ0n) is 13.7. The Morgan fingerprint density at radius 2 is 2.30 bits per heavy atom. The van der Waals surface area contributed by atoms with Crippen LogP contribution in [0.1, 0.15) is 37.3 Å². The predicted octanol–water partition coefficient (Wildman–Crippen LogP) is 3.78. The van der Waals surface area contributed by atoms with Crippen LogP contribution in [0.25, 0.3) is 0 Å². The van der Waals surface area contributed by atoms with Crippen LogP contribution in [0.5, 0.6) is 0 Å². The van der Waals surface area contributed by atoms with Gasteiger partial charge in [-0.05, 0) is 61.4 Å². The molecule has 1 aromatic rings. The van der Waals surface area contributed by atoms with E-state index in [0.29, 0.717) is 24.2 Å². The van der Waals surface area contributed by atoms with Gasteiger partial charge < -0.3 is 10.2 Å². The van der Waals surface area contributed by atoms with Gasteiger partial charge in [-0.25, -0.2) is 0 Å². The van der Waals surface area contributed by atoms with Crippen LogP contribution < -0.4 is 5.32 Å². The first-order valence-electron chi connectivity index (χ1n) is 8.40. The van der Waals surface area contributed by atoms with Gasteiger partial charge in [0.15, 0.2) is 0 Å². The number of amides is 1. The number of nitrogens with zero attached hydrogens (tertiary/aromatic N) is 1. The molecular weight excluding hydrogens is 376 g/mol. The van der Waals surface area contributed by atoms with Crippen molar-refractivity contribution in [2.45, 2.75) is 39.2 Å². The lowest BCUT2D eigenvalue weighted by atomic mass is 9.85. The minimum absolute atomic E-state index is 0. The normalized spacial score (nSPS) is 22.0. The summed E-state index contributed by atoms with van der Waals surface area (Å²) in [5.74, 6) is 1.46. The van der Waals surface area contributed by atoms with E-state index in [-0.39, 0.29) is 12.4 Å². The zero-order valence-corrected chi connectivity index (χ0v) is 16.1. The minimum atomic E-state index is 0. The van der Waals surface area contributed by atoms with Crippen LogP contribution in [0.4, 0.5) is 0 Å². The van der Waals surface area contributed by atoms with Crippen molar-refractivity contribution < 1.29 is 4.79 Å². The summed E-state index contributed by atoms with van der Waals surface area (Å²) in [6.07, 6.45) is 4.16. The summed E-state index contributed by atoms with van der Waals surface area (Å²) in [5, 5.41) is 3.46. The zero-order chi connectivity index (χ0) is 15.5. The third kappa shape index (κ3) is 4.49. The molecule has 0 spiro atoms. The third-order valence-corrected chi connectivity index (χ3v) is 5.94. The van der Waals surface area contributed by atoms with E-state index in [1.165, 1.54) is 28.4 Å². The standard InChI is InChI=1S/C18H25BrN2O.ClH/c1-13(14-5-3-8-20-11-14)10-18(22)21-9-7-16-15(12-21)4-2-6-17(16)19;/h2,4,6,13-14,20H,3,5,7-12H2,1H3;1H. The van der Waals surface area contributed by atoms with Crippen molar-refractivity contribution in [3.63, 3.8) is 0 Å². The molecule has 1 saturated heterocycles. The smallest absolute Gasteiger partial charge is 0.223 e. The van der Waals surface area contributed by atoms with Gasteiger partial charge in [-0.15, -0.1) is 12.4 Å². The van der Waals surface area contributed by atoms with E-state index in [1.807, 2.05) is 4.90 Å². The third-order valence-electron chi connectivity index (χ3n) is 5.20. The van der Waals surface area contributed by atoms with Crippen LogP contribution in [0, 0.1) is 11.8 Å². The maximum atomic E-state index is 12.6. The van der Waals surface area contributed by atoms with Gasteiger partial charge in [0.05, 0.1) is 0 Å². The Morgan fingerprint density at radius 1 is 1.48 bits per heavy atom. The van der Waals surface area contributed by atoms with Gasteiger partial charge in [0.1, 0.15) is 0 Å². The average Bonchev–Trinajstić information content (AvgIpc) is 2.55. The quantitative estimate of drug-likeness (QED) is 0.836. The maximum Gasteiger partial charge on any atom is 0.223 e. The first-order chi connectivity index (χ1) is 10.6. The first kappa shape index (κ1) is 18.8. The Morgan fingerprint density at radius 3 is 3.04 bits per heavy atom.